The Kier molecular flexibility index (Phi) is 6.26. The van der Waals surface area contributed by atoms with Gasteiger partial charge in [-0.1, -0.05) is 0 Å². The van der Waals surface area contributed by atoms with Gasteiger partial charge in [-0.25, -0.2) is 14.6 Å². The highest BCUT2D eigenvalue weighted by Crippen LogP contribution is 2.17. The standard InChI is InChI=1S/C20H28N6O3/c1-12-10-13(2)22-20(21-12)26-16(5)17(14(3)24-26)11-18(27)23-15(4)19(28)25-6-8-29-9-7-25/h10,15H,6-9,11H2,1-5H3,(H,23,27). The first-order chi connectivity index (χ1) is 13.8. The average Bonchev–Trinajstić information content (AvgIpc) is 2.95. The summed E-state index contributed by atoms with van der Waals surface area (Å²) in [4.78, 5) is 35.7. The molecule has 1 aliphatic heterocycles. The smallest absolute Gasteiger partial charge is 0.251 e. The molecule has 3 rings (SSSR count). The number of nitrogens with zero attached hydrogens (tertiary/aromatic N) is 5. The van der Waals surface area contributed by atoms with Gasteiger partial charge in [-0.3, -0.25) is 9.59 Å². The van der Waals surface area contributed by atoms with Crippen molar-refractivity contribution in [2.75, 3.05) is 26.3 Å². The van der Waals surface area contributed by atoms with Gasteiger partial charge in [0.25, 0.3) is 5.95 Å². The zero-order chi connectivity index (χ0) is 21.1. The van der Waals surface area contributed by atoms with E-state index < -0.39 is 6.04 Å². The molecule has 0 radical (unpaired) electrons. The van der Waals surface area contributed by atoms with Crippen molar-refractivity contribution in [3.63, 3.8) is 0 Å². The number of aryl methyl sites for hydroxylation is 3. The van der Waals surface area contributed by atoms with Crippen LogP contribution in [0.15, 0.2) is 6.07 Å². The van der Waals surface area contributed by atoms with Gasteiger partial charge in [0.2, 0.25) is 11.8 Å². The minimum Gasteiger partial charge on any atom is -0.378 e. The highest BCUT2D eigenvalue weighted by molar-refractivity contribution is 5.88. The van der Waals surface area contributed by atoms with Gasteiger partial charge in [0, 0.05) is 35.7 Å². The van der Waals surface area contributed by atoms with Crippen molar-refractivity contribution >= 4 is 11.8 Å². The van der Waals surface area contributed by atoms with Crippen LogP contribution >= 0.6 is 0 Å². The lowest BCUT2D eigenvalue weighted by Gasteiger charge is -2.29. The van der Waals surface area contributed by atoms with Crippen LogP contribution in [-0.2, 0) is 20.7 Å². The van der Waals surface area contributed by atoms with Crippen molar-refractivity contribution < 1.29 is 14.3 Å². The summed E-state index contributed by atoms with van der Waals surface area (Å²) >= 11 is 0. The van der Waals surface area contributed by atoms with Crippen LogP contribution in [-0.4, -0.2) is 68.8 Å². The van der Waals surface area contributed by atoms with Gasteiger partial charge >= 0.3 is 0 Å². The number of morpholine rings is 1. The molecule has 0 aromatic carbocycles. The molecule has 156 valence electrons. The second-order valence-corrected chi connectivity index (χ2v) is 7.42. The largest absolute Gasteiger partial charge is 0.378 e. The third-order valence-electron chi connectivity index (χ3n) is 5.01. The molecule has 1 aliphatic rings. The maximum Gasteiger partial charge on any atom is 0.251 e. The molecule has 2 amide bonds. The highest BCUT2D eigenvalue weighted by atomic mass is 16.5. The van der Waals surface area contributed by atoms with Gasteiger partial charge in [-0.05, 0) is 40.7 Å². The molecule has 9 nitrogen and oxygen atoms in total. The predicted molar refractivity (Wildman–Crippen MR) is 107 cm³/mol. The fourth-order valence-electron chi connectivity index (χ4n) is 3.50. The summed E-state index contributed by atoms with van der Waals surface area (Å²) in [7, 11) is 0. The fraction of sp³-hybridized carbons (Fsp3) is 0.550. The number of amides is 2. The Bertz CT molecular complexity index is 897. The maximum absolute atomic E-state index is 12.6. The van der Waals surface area contributed by atoms with E-state index in [9.17, 15) is 9.59 Å². The number of hydrogen-bond donors (Lipinski definition) is 1. The van der Waals surface area contributed by atoms with E-state index in [4.69, 9.17) is 4.74 Å². The molecule has 0 bridgehead atoms. The van der Waals surface area contributed by atoms with E-state index in [0.717, 1.165) is 28.3 Å². The van der Waals surface area contributed by atoms with Gasteiger partial charge in [0.1, 0.15) is 6.04 Å². The second-order valence-electron chi connectivity index (χ2n) is 7.42. The molecular formula is C20H28N6O3. The van der Waals surface area contributed by atoms with Crippen LogP contribution in [0.3, 0.4) is 0 Å². The molecule has 1 saturated heterocycles. The Morgan fingerprint density at radius 3 is 2.38 bits per heavy atom. The number of rotatable bonds is 5. The van der Waals surface area contributed by atoms with E-state index in [1.165, 1.54) is 0 Å². The first kappa shape index (κ1) is 20.9. The molecule has 2 aromatic heterocycles. The Morgan fingerprint density at radius 1 is 1.14 bits per heavy atom. The summed E-state index contributed by atoms with van der Waals surface area (Å²) in [5.41, 5.74) is 4.09. The normalized spacial score (nSPS) is 15.3. The molecular weight excluding hydrogens is 372 g/mol. The summed E-state index contributed by atoms with van der Waals surface area (Å²) in [5.74, 6) is 0.186. The molecule has 1 fully saturated rings. The van der Waals surface area contributed by atoms with Crippen molar-refractivity contribution in [1.82, 2.24) is 30.0 Å². The summed E-state index contributed by atoms with van der Waals surface area (Å²) in [5, 5.41) is 7.33. The maximum atomic E-state index is 12.6. The van der Waals surface area contributed by atoms with Crippen LogP contribution in [0.5, 0.6) is 0 Å². The first-order valence-electron chi connectivity index (χ1n) is 9.80. The molecule has 2 aromatic rings. The fourth-order valence-corrected chi connectivity index (χ4v) is 3.50. The van der Waals surface area contributed by atoms with E-state index in [2.05, 4.69) is 20.4 Å². The van der Waals surface area contributed by atoms with Gasteiger partial charge in [0.15, 0.2) is 0 Å². The van der Waals surface area contributed by atoms with Crippen molar-refractivity contribution in [3.8, 4) is 5.95 Å². The van der Waals surface area contributed by atoms with Crippen molar-refractivity contribution in [2.45, 2.75) is 47.1 Å². The third kappa shape index (κ3) is 4.79. The lowest BCUT2D eigenvalue weighted by Crippen LogP contribution is -2.50. The molecule has 29 heavy (non-hydrogen) atoms. The summed E-state index contributed by atoms with van der Waals surface area (Å²) in [6.45, 7) is 11.5. The van der Waals surface area contributed by atoms with Gasteiger partial charge in [-0.2, -0.15) is 5.10 Å². The number of ether oxygens (including phenoxy) is 1. The Balaban J connectivity index is 1.70. The minimum absolute atomic E-state index is 0.0885. The topological polar surface area (TPSA) is 102 Å². The Labute approximate surface area is 170 Å². The van der Waals surface area contributed by atoms with Crippen LogP contribution in [0.2, 0.25) is 0 Å². The summed E-state index contributed by atoms with van der Waals surface area (Å²) in [6, 6.07) is 1.31. The molecule has 3 heterocycles. The van der Waals surface area contributed by atoms with E-state index in [1.54, 1.807) is 16.5 Å². The van der Waals surface area contributed by atoms with Crippen LogP contribution in [0.1, 0.15) is 35.3 Å². The van der Waals surface area contributed by atoms with Crippen molar-refractivity contribution in [1.29, 1.82) is 0 Å². The Morgan fingerprint density at radius 2 is 1.76 bits per heavy atom. The van der Waals surface area contributed by atoms with Gasteiger partial charge < -0.3 is 15.0 Å². The number of hydrogen-bond acceptors (Lipinski definition) is 6. The lowest BCUT2D eigenvalue weighted by atomic mass is 10.1. The third-order valence-corrected chi connectivity index (χ3v) is 5.01. The molecule has 0 spiro atoms. The van der Waals surface area contributed by atoms with E-state index in [0.29, 0.717) is 32.3 Å². The van der Waals surface area contributed by atoms with E-state index in [1.807, 2.05) is 33.8 Å². The predicted octanol–water partition coefficient (Wildman–Crippen LogP) is 0.802. The van der Waals surface area contributed by atoms with Crippen molar-refractivity contribution in [2.24, 2.45) is 0 Å². The van der Waals surface area contributed by atoms with Gasteiger partial charge in [0.05, 0.1) is 25.3 Å². The van der Waals surface area contributed by atoms with Crippen LogP contribution < -0.4 is 5.32 Å². The average molecular weight is 400 g/mol. The highest BCUT2D eigenvalue weighted by Gasteiger charge is 2.25. The second kappa shape index (κ2) is 8.69. The van der Waals surface area contributed by atoms with E-state index in [-0.39, 0.29) is 18.2 Å². The van der Waals surface area contributed by atoms with E-state index >= 15 is 0 Å². The number of carbonyl (C=O) groups excluding carboxylic acids is 2. The summed E-state index contributed by atoms with van der Waals surface area (Å²) < 4.78 is 6.94. The Hall–Kier alpha value is -2.81. The number of nitrogens with one attached hydrogen (secondary N) is 1. The molecule has 0 aliphatic carbocycles. The monoisotopic (exact) mass is 400 g/mol. The minimum atomic E-state index is -0.584. The molecule has 0 saturated carbocycles. The zero-order valence-corrected chi connectivity index (χ0v) is 17.7. The number of aromatic nitrogens is 4. The van der Waals surface area contributed by atoms with Crippen LogP contribution in [0.4, 0.5) is 0 Å². The van der Waals surface area contributed by atoms with Crippen LogP contribution in [0.25, 0.3) is 5.95 Å². The SMILES string of the molecule is Cc1cc(C)nc(-n2nc(C)c(CC(=O)NC(C)C(=O)N3CCOCC3)c2C)n1. The molecule has 9 heteroatoms. The first-order valence-corrected chi connectivity index (χ1v) is 9.80. The molecule has 1 N–H and O–H groups in total. The van der Waals surface area contributed by atoms with Gasteiger partial charge in [-0.15, -0.1) is 0 Å². The lowest BCUT2D eigenvalue weighted by molar-refractivity contribution is -0.139. The zero-order valence-electron chi connectivity index (χ0n) is 17.7. The quantitative estimate of drug-likeness (QED) is 0.797. The summed E-state index contributed by atoms with van der Waals surface area (Å²) in [6.07, 6.45) is 0.142. The number of carbonyl (C=O) groups is 2. The molecule has 1 unspecified atom stereocenters. The van der Waals surface area contributed by atoms with Crippen LogP contribution in [0, 0.1) is 27.7 Å². The van der Waals surface area contributed by atoms with Crippen molar-refractivity contribution in [3.05, 3.63) is 34.4 Å². The molecule has 1 atom stereocenters.